The molecule has 0 aromatic heterocycles. The number of rotatable bonds is 2. The Labute approximate surface area is 120 Å². The van der Waals surface area contributed by atoms with Gasteiger partial charge in [-0.2, -0.15) is 0 Å². The molecule has 1 rings (SSSR count). The molecular formula is C13H16INO3. The largest absolute Gasteiger partial charge is 0.444 e. The van der Waals surface area contributed by atoms with E-state index in [1.54, 1.807) is 32.9 Å². The summed E-state index contributed by atoms with van der Waals surface area (Å²) < 4.78 is 6.08. The molecule has 0 unspecified atom stereocenters. The summed E-state index contributed by atoms with van der Waals surface area (Å²) in [5, 5.41) is 2.59. The molecule has 0 saturated heterocycles. The van der Waals surface area contributed by atoms with Gasteiger partial charge in [-0.3, -0.25) is 10.1 Å². The molecular weight excluding hydrogens is 345 g/mol. The maximum Gasteiger partial charge on any atom is 0.412 e. The topological polar surface area (TPSA) is 55.4 Å². The van der Waals surface area contributed by atoms with Crippen molar-refractivity contribution in [2.45, 2.75) is 33.3 Å². The quantitative estimate of drug-likeness (QED) is 0.643. The van der Waals surface area contributed by atoms with Gasteiger partial charge in [-0.1, -0.05) is 0 Å². The molecule has 0 spiro atoms. The zero-order valence-corrected chi connectivity index (χ0v) is 13.0. The van der Waals surface area contributed by atoms with E-state index < -0.39 is 11.7 Å². The summed E-state index contributed by atoms with van der Waals surface area (Å²) >= 11 is 2.12. The third-order valence-corrected chi connectivity index (χ3v) is 2.67. The van der Waals surface area contributed by atoms with Crippen LogP contribution in [0.25, 0.3) is 0 Å². The molecule has 0 aliphatic rings. The molecule has 0 bridgehead atoms. The van der Waals surface area contributed by atoms with Crippen LogP contribution in [0.15, 0.2) is 18.2 Å². The van der Waals surface area contributed by atoms with Crippen LogP contribution in [0.4, 0.5) is 10.5 Å². The van der Waals surface area contributed by atoms with Crippen molar-refractivity contribution < 1.29 is 14.3 Å². The van der Waals surface area contributed by atoms with E-state index in [1.165, 1.54) is 6.92 Å². The molecule has 5 heteroatoms. The van der Waals surface area contributed by atoms with Gasteiger partial charge in [0.15, 0.2) is 5.78 Å². The summed E-state index contributed by atoms with van der Waals surface area (Å²) in [5.74, 6) is -0.0976. The maximum absolute atomic E-state index is 11.6. The molecule has 0 aliphatic carbocycles. The molecule has 4 nitrogen and oxygen atoms in total. The SMILES string of the molecule is CC(=O)c1cc(I)ccc1NC(=O)OC(C)(C)C. The van der Waals surface area contributed by atoms with Gasteiger partial charge < -0.3 is 4.74 Å². The second-order valence-electron chi connectivity index (χ2n) is 4.87. The van der Waals surface area contributed by atoms with Crippen molar-refractivity contribution in [2.24, 2.45) is 0 Å². The number of hydrogen-bond acceptors (Lipinski definition) is 3. The molecule has 1 N–H and O–H groups in total. The van der Waals surface area contributed by atoms with Crippen molar-refractivity contribution in [2.75, 3.05) is 5.32 Å². The number of hydrogen-bond donors (Lipinski definition) is 1. The standard InChI is InChI=1S/C13H16INO3/c1-8(16)10-7-9(14)5-6-11(10)15-12(17)18-13(2,3)4/h5-7H,1-4H3,(H,15,17). The summed E-state index contributed by atoms with van der Waals surface area (Å²) in [4.78, 5) is 23.1. The molecule has 0 radical (unpaired) electrons. The van der Waals surface area contributed by atoms with Crippen LogP contribution in [-0.4, -0.2) is 17.5 Å². The van der Waals surface area contributed by atoms with Gasteiger partial charge in [0.05, 0.1) is 5.69 Å². The molecule has 0 aliphatic heterocycles. The summed E-state index contributed by atoms with van der Waals surface area (Å²) in [6, 6.07) is 5.25. The fourth-order valence-electron chi connectivity index (χ4n) is 1.33. The molecule has 0 saturated carbocycles. The Kier molecular flexibility index (Phi) is 4.72. The minimum atomic E-state index is -0.566. The maximum atomic E-state index is 11.6. The number of anilines is 1. The van der Waals surface area contributed by atoms with Gasteiger partial charge in [-0.25, -0.2) is 4.79 Å². The van der Waals surface area contributed by atoms with Crippen LogP contribution in [0, 0.1) is 3.57 Å². The fourth-order valence-corrected chi connectivity index (χ4v) is 1.82. The van der Waals surface area contributed by atoms with E-state index >= 15 is 0 Å². The number of ketones is 1. The van der Waals surface area contributed by atoms with Crippen molar-refractivity contribution in [1.29, 1.82) is 0 Å². The van der Waals surface area contributed by atoms with Crippen molar-refractivity contribution in [3.63, 3.8) is 0 Å². The van der Waals surface area contributed by atoms with Crippen LogP contribution in [0.5, 0.6) is 0 Å². The Bertz CT molecular complexity index is 478. The molecule has 0 fully saturated rings. The lowest BCUT2D eigenvalue weighted by Crippen LogP contribution is -2.27. The van der Waals surface area contributed by atoms with Crippen molar-refractivity contribution in [1.82, 2.24) is 0 Å². The molecule has 0 atom stereocenters. The van der Waals surface area contributed by atoms with Crippen LogP contribution in [0.1, 0.15) is 38.1 Å². The molecule has 1 amide bonds. The second-order valence-corrected chi connectivity index (χ2v) is 6.12. The average molecular weight is 361 g/mol. The number of benzene rings is 1. The average Bonchev–Trinajstić information content (AvgIpc) is 2.17. The van der Waals surface area contributed by atoms with Gasteiger partial charge in [0.25, 0.3) is 0 Å². The highest BCUT2D eigenvalue weighted by Gasteiger charge is 2.18. The highest BCUT2D eigenvalue weighted by molar-refractivity contribution is 14.1. The van der Waals surface area contributed by atoms with Crippen molar-refractivity contribution in [3.8, 4) is 0 Å². The van der Waals surface area contributed by atoms with Gasteiger partial charge in [0.2, 0.25) is 0 Å². The van der Waals surface area contributed by atoms with E-state index in [4.69, 9.17) is 4.74 Å². The van der Waals surface area contributed by atoms with Crippen LogP contribution in [0.2, 0.25) is 0 Å². The van der Waals surface area contributed by atoms with E-state index in [2.05, 4.69) is 27.9 Å². The van der Waals surface area contributed by atoms with Crippen molar-refractivity contribution >= 4 is 40.2 Å². The Morgan fingerprint density at radius 1 is 1.28 bits per heavy atom. The first-order valence-corrected chi connectivity index (χ1v) is 6.57. The van der Waals surface area contributed by atoms with Crippen molar-refractivity contribution in [3.05, 3.63) is 27.3 Å². The zero-order valence-electron chi connectivity index (χ0n) is 10.8. The van der Waals surface area contributed by atoms with E-state index in [9.17, 15) is 9.59 Å². The third-order valence-electron chi connectivity index (χ3n) is 2.00. The van der Waals surface area contributed by atoms with Crippen LogP contribution in [-0.2, 0) is 4.74 Å². The molecule has 18 heavy (non-hydrogen) atoms. The number of amides is 1. The minimum absolute atomic E-state index is 0.0976. The lowest BCUT2D eigenvalue weighted by atomic mass is 10.1. The smallest absolute Gasteiger partial charge is 0.412 e. The van der Waals surface area contributed by atoms with Crippen LogP contribution in [0.3, 0.4) is 0 Å². The molecule has 1 aromatic rings. The fraction of sp³-hybridized carbons (Fsp3) is 0.385. The number of carbonyl (C=O) groups excluding carboxylic acids is 2. The first-order chi connectivity index (χ1) is 8.19. The summed E-state index contributed by atoms with van der Waals surface area (Å²) in [6.07, 6.45) is -0.564. The number of nitrogens with one attached hydrogen (secondary N) is 1. The summed E-state index contributed by atoms with van der Waals surface area (Å²) in [5.41, 5.74) is 0.383. The highest BCUT2D eigenvalue weighted by Crippen LogP contribution is 2.20. The third kappa shape index (κ3) is 4.64. The Morgan fingerprint density at radius 2 is 1.89 bits per heavy atom. The van der Waals surface area contributed by atoms with E-state index in [-0.39, 0.29) is 5.78 Å². The summed E-state index contributed by atoms with van der Waals surface area (Å²) in [7, 11) is 0. The Hall–Kier alpha value is -1.11. The lowest BCUT2D eigenvalue weighted by Gasteiger charge is -2.20. The number of carbonyl (C=O) groups is 2. The monoisotopic (exact) mass is 361 g/mol. The zero-order chi connectivity index (χ0) is 13.9. The molecule has 98 valence electrons. The van der Waals surface area contributed by atoms with Crippen LogP contribution >= 0.6 is 22.6 Å². The Balaban J connectivity index is 2.91. The second kappa shape index (κ2) is 5.69. The van der Waals surface area contributed by atoms with Gasteiger partial charge in [0.1, 0.15) is 5.60 Å². The van der Waals surface area contributed by atoms with Gasteiger partial charge in [-0.05, 0) is 68.5 Å². The van der Waals surface area contributed by atoms with Gasteiger partial charge in [-0.15, -0.1) is 0 Å². The predicted octanol–water partition coefficient (Wildman–Crippen LogP) is 3.84. The normalized spacial score (nSPS) is 10.9. The number of ether oxygens (including phenoxy) is 1. The molecule has 0 heterocycles. The number of halogens is 1. The Morgan fingerprint density at radius 3 is 2.39 bits per heavy atom. The van der Waals surface area contributed by atoms with Crippen LogP contribution < -0.4 is 5.32 Å². The van der Waals surface area contributed by atoms with Gasteiger partial charge in [0, 0.05) is 9.13 Å². The highest BCUT2D eigenvalue weighted by atomic mass is 127. The summed E-state index contributed by atoms with van der Waals surface area (Å²) in [6.45, 7) is 6.82. The van der Waals surface area contributed by atoms with Gasteiger partial charge >= 0.3 is 6.09 Å². The van der Waals surface area contributed by atoms with E-state index in [0.29, 0.717) is 11.3 Å². The lowest BCUT2D eigenvalue weighted by molar-refractivity contribution is 0.0636. The minimum Gasteiger partial charge on any atom is -0.444 e. The predicted molar refractivity (Wildman–Crippen MR) is 79.0 cm³/mol. The first-order valence-electron chi connectivity index (χ1n) is 5.49. The molecule has 1 aromatic carbocycles. The van der Waals surface area contributed by atoms with E-state index in [0.717, 1.165) is 3.57 Å². The first kappa shape index (κ1) is 14.9. The number of Topliss-reactive ketones (excluding diaryl/α,β-unsaturated/α-hetero) is 1. The van der Waals surface area contributed by atoms with E-state index in [1.807, 2.05) is 6.07 Å².